The van der Waals surface area contributed by atoms with E-state index in [9.17, 15) is 20.0 Å². The largest absolute Gasteiger partial charge is 0.390 e. The molecule has 0 saturated carbocycles. The molecule has 1 fully saturated rings. The molecular weight excluding hydrogens is 442 g/mol. The smallest absolute Gasteiger partial charge is 0.270 e. The number of aryl methyl sites for hydroxylation is 1. The standard InChI is InChI=1S/C23H27N5O4S/c1-23(2,30)6-7-27-15-17-13-20(21(14-19(17)25-27)26-8-10-33-11-9-26)24-22(29)16-4-3-5-18(12-16)28(31)32/h3-5,12-15,30H,6-11H2,1-2H3,(H,24,29). The second-order valence-electron chi connectivity index (χ2n) is 8.74. The summed E-state index contributed by atoms with van der Waals surface area (Å²) in [5, 5.41) is 29.6. The van der Waals surface area contributed by atoms with E-state index in [0.717, 1.165) is 41.2 Å². The van der Waals surface area contributed by atoms with Crippen LogP contribution < -0.4 is 10.2 Å². The Morgan fingerprint density at radius 2 is 2.03 bits per heavy atom. The van der Waals surface area contributed by atoms with Gasteiger partial charge in [0.05, 0.1) is 27.4 Å². The molecule has 9 nitrogen and oxygen atoms in total. The molecule has 4 rings (SSSR count). The minimum Gasteiger partial charge on any atom is -0.390 e. The van der Waals surface area contributed by atoms with Crippen LogP contribution in [0, 0.1) is 10.1 Å². The van der Waals surface area contributed by atoms with Crippen molar-refractivity contribution in [3.8, 4) is 0 Å². The van der Waals surface area contributed by atoms with E-state index < -0.39 is 16.4 Å². The zero-order valence-corrected chi connectivity index (χ0v) is 19.5. The minimum atomic E-state index is -0.786. The summed E-state index contributed by atoms with van der Waals surface area (Å²) in [7, 11) is 0. The van der Waals surface area contributed by atoms with Crippen LogP contribution in [0.1, 0.15) is 30.6 Å². The van der Waals surface area contributed by atoms with Gasteiger partial charge in [-0.25, -0.2) is 0 Å². The van der Waals surface area contributed by atoms with Crippen molar-refractivity contribution in [2.75, 3.05) is 34.8 Å². The Bertz CT molecular complexity index is 1180. The Morgan fingerprint density at radius 3 is 2.73 bits per heavy atom. The lowest BCUT2D eigenvalue weighted by molar-refractivity contribution is -0.384. The number of aromatic nitrogens is 2. The van der Waals surface area contributed by atoms with Crippen LogP contribution in [0.3, 0.4) is 0 Å². The van der Waals surface area contributed by atoms with Gasteiger partial charge in [-0.3, -0.25) is 19.6 Å². The van der Waals surface area contributed by atoms with Gasteiger partial charge in [-0.2, -0.15) is 16.9 Å². The number of hydrogen-bond donors (Lipinski definition) is 2. The number of thioether (sulfide) groups is 1. The predicted octanol–water partition coefficient (Wildman–Crippen LogP) is 3.91. The second kappa shape index (κ2) is 9.40. The number of nitro benzene ring substituents is 1. The minimum absolute atomic E-state index is 0.125. The Hall–Kier alpha value is -3.11. The van der Waals surface area contributed by atoms with E-state index in [1.165, 1.54) is 18.2 Å². The van der Waals surface area contributed by atoms with Crippen molar-refractivity contribution in [3.63, 3.8) is 0 Å². The molecule has 1 amide bonds. The van der Waals surface area contributed by atoms with Crippen LogP contribution in [0.2, 0.25) is 0 Å². The Kier molecular flexibility index (Phi) is 6.57. The number of non-ortho nitro benzene ring substituents is 1. The highest BCUT2D eigenvalue weighted by Crippen LogP contribution is 2.33. The normalized spacial score (nSPS) is 14.5. The average Bonchev–Trinajstić information content (AvgIpc) is 3.19. The number of fused-ring (bicyclic) bond motifs is 1. The molecule has 1 saturated heterocycles. The highest BCUT2D eigenvalue weighted by molar-refractivity contribution is 7.99. The highest BCUT2D eigenvalue weighted by atomic mass is 32.2. The van der Waals surface area contributed by atoms with Gasteiger partial charge >= 0.3 is 0 Å². The second-order valence-corrected chi connectivity index (χ2v) is 9.97. The molecule has 1 aliphatic rings. The first kappa shape index (κ1) is 23.1. The molecule has 33 heavy (non-hydrogen) atoms. The molecule has 0 aliphatic carbocycles. The van der Waals surface area contributed by atoms with Crippen LogP contribution in [0.5, 0.6) is 0 Å². The summed E-state index contributed by atoms with van der Waals surface area (Å²) < 4.78 is 1.81. The maximum Gasteiger partial charge on any atom is 0.270 e. The fraction of sp³-hybridized carbons (Fsp3) is 0.391. The molecule has 2 N–H and O–H groups in total. The number of rotatable bonds is 7. The maximum absolute atomic E-state index is 13.0. The van der Waals surface area contributed by atoms with Crippen LogP contribution in [0.15, 0.2) is 42.6 Å². The number of amides is 1. The third kappa shape index (κ3) is 5.63. The summed E-state index contributed by atoms with van der Waals surface area (Å²) in [5.41, 5.74) is 1.66. The number of nitro groups is 1. The lowest BCUT2D eigenvalue weighted by atomic mass is 10.1. The summed E-state index contributed by atoms with van der Waals surface area (Å²) >= 11 is 1.89. The van der Waals surface area contributed by atoms with Crippen LogP contribution in [0.4, 0.5) is 17.1 Å². The maximum atomic E-state index is 13.0. The fourth-order valence-electron chi connectivity index (χ4n) is 3.74. The van der Waals surface area contributed by atoms with Crippen molar-refractivity contribution in [2.24, 2.45) is 0 Å². The quantitative estimate of drug-likeness (QED) is 0.398. The van der Waals surface area contributed by atoms with Gasteiger partial charge in [-0.15, -0.1) is 0 Å². The third-order valence-corrected chi connectivity index (χ3v) is 6.48. The molecule has 1 aromatic heterocycles. The number of benzene rings is 2. The summed E-state index contributed by atoms with van der Waals surface area (Å²) in [6.45, 7) is 5.82. The van der Waals surface area contributed by atoms with Crippen molar-refractivity contribution in [2.45, 2.75) is 32.4 Å². The summed E-state index contributed by atoms with van der Waals surface area (Å²) in [5.74, 6) is 1.59. The molecule has 0 spiro atoms. The number of nitrogens with one attached hydrogen (secondary N) is 1. The van der Waals surface area contributed by atoms with Crippen molar-refractivity contribution >= 4 is 45.6 Å². The van der Waals surface area contributed by atoms with E-state index in [1.54, 1.807) is 19.9 Å². The number of carbonyl (C=O) groups is 1. The van der Waals surface area contributed by atoms with E-state index in [-0.39, 0.29) is 11.3 Å². The Balaban J connectivity index is 1.67. The molecular formula is C23H27N5O4S. The summed E-state index contributed by atoms with van der Waals surface area (Å²) in [6.07, 6.45) is 2.47. The van der Waals surface area contributed by atoms with Crippen molar-refractivity contribution < 1.29 is 14.8 Å². The number of nitrogens with zero attached hydrogens (tertiary/aromatic N) is 4. The van der Waals surface area contributed by atoms with Gasteiger partial charge in [0.15, 0.2) is 0 Å². The van der Waals surface area contributed by atoms with Crippen LogP contribution in [0.25, 0.3) is 10.9 Å². The first-order valence-corrected chi connectivity index (χ1v) is 12.0. The molecule has 2 heterocycles. The van der Waals surface area contributed by atoms with Gasteiger partial charge in [0.25, 0.3) is 11.6 Å². The van der Waals surface area contributed by atoms with Gasteiger partial charge in [0.2, 0.25) is 0 Å². The molecule has 1 aliphatic heterocycles. The Morgan fingerprint density at radius 1 is 1.27 bits per heavy atom. The van der Waals surface area contributed by atoms with Crippen molar-refractivity contribution in [1.29, 1.82) is 0 Å². The lowest BCUT2D eigenvalue weighted by Crippen LogP contribution is -2.33. The number of hydrogen-bond acceptors (Lipinski definition) is 7. The zero-order chi connectivity index (χ0) is 23.6. The molecule has 174 valence electrons. The molecule has 0 bridgehead atoms. The fourth-order valence-corrected chi connectivity index (χ4v) is 4.64. The Labute approximate surface area is 195 Å². The number of carbonyl (C=O) groups excluding carboxylic acids is 1. The number of anilines is 2. The predicted molar refractivity (Wildman–Crippen MR) is 131 cm³/mol. The van der Waals surface area contributed by atoms with Gasteiger partial charge in [0.1, 0.15) is 0 Å². The number of aliphatic hydroxyl groups is 1. The van der Waals surface area contributed by atoms with E-state index in [1.807, 2.05) is 34.8 Å². The monoisotopic (exact) mass is 469 g/mol. The molecule has 0 unspecified atom stereocenters. The van der Waals surface area contributed by atoms with E-state index in [2.05, 4.69) is 15.3 Å². The summed E-state index contributed by atoms with van der Waals surface area (Å²) in [4.78, 5) is 25.8. The molecule has 3 aromatic rings. The first-order chi connectivity index (χ1) is 15.7. The van der Waals surface area contributed by atoms with Gasteiger partial charge in [-0.1, -0.05) is 6.07 Å². The lowest BCUT2D eigenvalue weighted by Gasteiger charge is -2.30. The molecule has 10 heteroatoms. The van der Waals surface area contributed by atoms with Crippen LogP contribution >= 0.6 is 11.8 Å². The first-order valence-electron chi connectivity index (χ1n) is 10.8. The van der Waals surface area contributed by atoms with Crippen molar-refractivity contribution in [3.05, 3.63) is 58.3 Å². The average molecular weight is 470 g/mol. The van der Waals surface area contributed by atoms with Gasteiger partial charge in [0, 0.05) is 60.4 Å². The van der Waals surface area contributed by atoms with Crippen LogP contribution in [-0.2, 0) is 6.54 Å². The van der Waals surface area contributed by atoms with Gasteiger partial charge < -0.3 is 15.3 Å². The zero-order valence-electron chi connectivity index (χ0n) is 18.7. The highest BCUT2D eigenvalue weighted by Gasteiger charge is 2.20. The SMILES string of the molecule is CC(C)(O)CCn1cc2cc(NC(=O)c3cccc([N+](=O)[O-])c3)c(N3CCSCC3)cc2n1. The topological polar surface area (TPSA) is 114 Å². The van der Waals surface area contributed by atoms with E-state index in [0.29, 0.717) is 18.7 Å². The van der Waals surface area contributed by atoms with E-state index in [4.69, 9.17) is 0 Å². The van der Waals surface area contributed by atoms with Crippen LogP contribution in [-0.4, -0.2) is 55.9 Å². The van der Waals surface area contributed by atoms with Gasteiger partial charge in [-0.05, 0) is 38.5 Å². The molecule has 0 radical (unpaired) electrons. The molecule has 0 atom stereocenters. The van der Waals surface area contributed by atoms with Crippen molar-refractivity contribution in [1.82, 2.24) is 9.78 Å². The third-order valence-electron chi connectivity index (χ3n) is 5.54. The van der Waals surface area contributed by atoms with E-state index >= 15 is 0 Å². The molecule has 2 aromatic carbocycles. The summed E-state index contributed by atoms with van der Waals surface area (Å²) in [6, 6.07) is 9.59.